The summed E-state index contributed by atoms with van der Waals surface area (Å²) in [5, 5.41) is 25.8. The molecule has 0 radical (unpaired) electrons. The van der Waals surface area contributed by atoms with Crippen LogP contribution in [0.5, 0.6) is 0 Å². The smallest absolute Gasteiger partial charge is 0.303 e. The predicted octanol–water partition coefficient (Wildman–Crippen LogP) is 2.52. The molecule has 8 nitrogen and oxygen atoms in total. The quantitative estimate of drug-likeness (QED) is 0.376. The molecule has 3 heterocycles. The van der Waals surface area contributed by atoms with E-state index in [-0.39, 0.29) is 24.8 Å². The summed E-state index contributed by atoms with van der Waals surface area (Å²) in [5.41, 5.74) is 0.119. The summed E-state index contributed by atoms with van der Waals surface area (Å²) in [6, 6.07) is 10.6. The van der Waals surface area contributed by atoms with Gasteiger partial charge in [0.2, 0.25) is 0 Å². The summed E-state index contributed by atoms with van der Waals surface area (Å²) in [6.07, 6.45) is 4.66. The van der Waals surface area contributed by atoms with Crippen molar-refractivity contribution in [2.24, 2.45) is 5.41 Å². The molecule has 1 aliphatic carbocycles. The molecule has 2 fully saturated rings. The van der Waals surface area contributed by atoms with Crippen molar-refractivity contribution in [3.63, 3.8) is 0 Å². The van der Waals surface area contributed by atoms with Gasteiger partial charge in [0.25, 0.3) is 5.91 Å². The Labute approximate surface area is 233 Å². The van der Waals surface area contributed by atoms with Crippen molar-refractivity contribution in [1.82, 2.24) is 10.2 Å². The molecule has 1 unspecified atom stereocenters. The van der Waals surface area contributed by atoms with Crippen molar-refractivity contribution >= 4 is 17.6 Å². The van der Waals surface area contributed by atoms with Gasteiger partial charge in [0, 0.05) is 48.6 Å². The number of likely N-dealkylation sites (N-methyl/N-ethyl adjacent to an activating group) is 1. The third-order valence-electron chi connectivity index (χ3n) is 9.89. The Hall–Kier alpha value is -3.27. The zero-order valence-electron chi connectivity index (χ0n) is 23.1. The maximum absolute atomic E-state index is 13.5. The van der Waals surface area contributed by atoms with Gasteiger partial charge in [0.15, 0.2) is 0 Å². The van der Waals surface area contributed by atoms with Crippen molar-refractivity contribution in [2.45, 2.75) is 62.5 Å². The number of rotatable bonds is 6. The van der Waals surface area contributed by atoms with Crippen LogP contribution in [0.3, 0.4) is 0 Å². The minimum Gasteiger partial charge on any atom is -0.458 e. The van der Waals surface area contributed by atoms with Gasteiger partial charge in [-0.15, -0.1) is 0 Å². The van der Waals surface area contributed by atoms with Gasteiger partial charge in [-0.3, -0.25) is 14.5 Å². The van der Waals surface area contributed by atoms with Crippen LogP contribution in [-0.2, 0) is 21.6 Å². The lowest BCUT2D eigenvalue weighted by Crippen LogP contribution is -2.81. The standard InChI is InChI=1S/C31H36FN3O5/c1-4-29-12-5-14-35-15-13-30(26(29)35)23-11-6-20(17-36)16-24(23)34(3)27(30)31(39,28(29)40-19(2)37)18-33-25(38)21-7-9-22(32)10-8-21/h5-12,16,26-28,36,39H,4,13-15,17-18H2,1-3H3,(H,33,38)/t26-,27+,28+,29+,30+,31?/m0/s1. The Kier molecular flexibility index (Phi) is 6.32. The molecule has 1 amide bonds. The van der Waals surface area contributed by atoms with Gasteiger partial charge in [0.1, 0.15) is 17.5 Å². The zero-order chi connectivity index (χ0) is 28.4. The monoisotopic (exact) mass is 549 g/mol. The molecule has 6 rings (SSSR count). The third kappa shape index (κ3) is 3.53. The highest BCUT2D eigenvalue weighted by atomic mass is 19.1. The number of esters is 1. The molecule has 0 aromatic heterocycles. The molecule has 4 aliphatic rings. The van der Waals surface area contributed by atoms with Crippen LogP contribution >= 0.6 is 0 Å². The van der Waals surface area contributed by atoms with Crippen molar-refractivity contribution in [1.29, 1.82) is 0 Å². The summed E-state index contributed by atoms with van der Waals surface area (Å²) < 4.78 is 19.6. The minimum absolute atomic E-state index is 0.0545. The van der Waals surface area contributed by atoms with E-state index in [0.29, 0.717) is 6.42 Å². The molecule has 3 N–H and O–H groups in total. The Morgan fingerprint density at radius 1 is 1.18 bits per heavy atom. The zero-order valence-corrected chi connectivity index (χ0v) is 23.1. The highest BCUT2D eigenvalue weighted by Gasteiger charge is 2.77. The summed E-state index contributed by atoms with van der Waals surface area (Å²) in [6.45, 7) is 4.70. The Balaban J connectivity index is 1.53. The van der Waals surface area contributed by atoms with E-state index < -0.39 is 46.3 Å². The molecule has 1 spiro atoms. The van der Waals surface area contributed by atoms with Crippen LogP contribution in [0.25, 0.3) is 0 Å². The topological polar surface area (TPSA) is 102 Å². The normalized spacial score (nSPS) is 33.8. The van der Waals surface area contributed by atoms with Gasteiger partial charge in [-0.1, -0.05) is 31.2 Å². The second-order valence-corrected chi connectivity index (χ2v) is 11.7. The number of halogens is 1. The first kappa shape index (κ1) is 26.9. The van der Waals surface area contributed by atoms with Crippen LogP contribution in [0.2, 0.25) is 0 Å². The van der Waals surface area contributed by atoms with E-state index in [1.54, 1.807) is 0 Å². The number of benzene rings is 2. The van der Waals surface area contributed by atoms with Crippen LogP contribution in [0.1, 0.15) is 48.2 Å². The molecule has 2 aromatic carbocycles. The lowest BCUT2D eigenvalue weighted by molar-refractivity contribution is -0.216. The Morgan fingerprint density at radius 3 is 2.60 bits per heavy atom. The number of carbonyl (C=O) groups is 2. The first-order chi connectivity index (χ1) is 19.1. The number of anilines is 1. The summed E-state index contributed by atoms with van der Waals surface area (Å²) in [4.78, 5) is 30.3. The van der Waals surface area contributed by atoms with Crippen molar-refractivity contribution in [3.05, 3.63) is 77.1 Å². The van der Waals surface area contributed by atoms with E-state index in [1.807, 2.05) is 19.2 Å². The second-order valence-electron chi connectivity index (χ2n) is 11.7. The predicted molar refractivity (Wildman–Crippen MR) is 147 cm³/mol. The summed E-state index contributed by atoms with van der Waals surface area (Å²) >= 11 is 0. The lowest BCUT2D eigenvalue weighted by atomic mass is 9.47. The van der Waals surface area contributed by atoms with Crippen molar-refractivity contribution < 1.29 is 28.9 Å². The number of hydrogen-bond donors (Lipinski definition) is 3. The Morgan fingerprint density at radius 2 is 1.93 bits per heavy atom. The van der Waals surface area contributed by atoms with E-state index in [0.717, 1.165) is 36.3 Å². The van der Waals surface area contributed by atoms with Gasteiger partial charge in [-0.05, 0) is 60.8 Å². The number of aliphatic hydroxyl groups excluding tert-OH is 1. The molecule has 1 saturated heterocycles. The summed E-state index contributed by atoms with van der Waals surface area (Å²) in [5.74, 6) is -1.40. The van der Waals surface area contributed by atoms with Crippen LogP contribution in [0.4, 0.5) is 10.1 Å². The van der Waals surface area contributed by atoms with E-state index >= 15 is 0 Å². The number of carbonyl (C=O) groups excluding carboxylic acids is 2. The van der Waals surface area contributed by atoms with E-state index in [1.165, 1.54) is 31.2 Å². The fourth-order valence-corrected chi connectivity index (χ4v) is 8.61. The van der Waals surface area contributed by atoms with Gasteiger partial charge < -0.3 is 25.2 Å². The van der Waals surface area contributed by atoms with E-state index in [9.17, 15) is 24.2 Å². The Bertz CT molecular complexity index is 1380. The molecule has 9 heteroatoms. The van der Waals surface area contributed by atoms with Crippen LogP contribution in [0, 0.1) is 11.2 Å². The molecule has 6 atom stereocenters. The fourth-order valence-electron chi connectivity index (χ4n) is 8.61. The van der Waals surface area contributed by atoms with Gasteiger partial charge >= 0.3 is 5.97 Å². The molecular weight excluding hydrogens is 513 g/mol. The lowest BCUT2D eigenvalue weighted by Gasteiger charge is -2.64. The highest BCUT2D eigenvalue weighted by molar-refractivity contribution is 5.94. The molecule has 3 aliphatic heterocycles. The summed E-state index contributed by atoms with van der Waals surface area (Å²) in [7, 11) is 1.93. The molecule has 1 saturated carbocycles. The van der Waals surface area contributed by atoms with Gasteiger partial charge in [0.05, 0.1) is 19.2 Å². The maximum Gasteiger partial charge on any atom is 0.303 e. The average Bonchev–Trinajstić information content (AvgIpc) is 3.46. The molecule has 212 valence electrons. The number of hydrogen-bond acceptors (Lipinski definition) is 7. The third-order valence-corrected chi connectivity index (χ3v) is 9.89. The number of fused-ring (bicyclic) bond motifs is 1. The van der Waals surface area contributed by atoms with Gasteiger partial charge in [-0.25, -0.2) is 4.39 Å². The maximum atomic E-state index is 13.5. The number of nitrogens with one attached hydrogen (secondary N) is 1. The van der Waals surface area contributed by atoms with Crippen LogP contribution in [0.15, 0.2) is 54.6 Å². The number of aliphatic hydroxyl groups is 2. The number of ether oxygens (including phenoxy) is 1. The molecule has 40 heavy (non-hydrogen) atoms. The largest absolute Gasteiger partial charge is 0.458 e. The SMILES string of the molecule is CC[C@]12C=CCN3CC[C@@]4(c5ccc(CO)cc5N(C)[C@H]4C(O)(CNC(=O)c4ccc(F)cc4)[C@@H]1OC(C)=O)[C@@H]32. The molecule has 0 bridgehead atoms. The van der Waals surface area contributed by atoms with Crippen LogP contribution in [-0.4, -0.2) is 77.5 Å². The first-order valence-corrected chi connectivity index (χ1v) is 13.9. The van der Waals surface area contributed by atoms with Gasteiger partial charge in [-0.2, -0.15) is 0 Å². The molecule has 2 aromatic rings. The average molecular weight is 550 g/mol. The fraction of sp³-hybridized carbons (Fsp3) is 0.484. The first-order valence-electron chi connectivity index (χ1n) is 13.9. The van der Waals surface area contributed by atoms with E-state index in [4.69, 9.17) is 4.74 Å². The number of nitrogens with zero attached hydrogens (tertiary/aromatic N) is 2. The minimum atomic E-state index is -1.70. The van der Waals surface area contributed by atoms with Crippen molar-refractivity contribution in [3.8, 4) is 0 Å². The van der Waals surface area contributed by atoms with E-state index in [2.05, 4.69) is 40.3 Å². The number of amides is 1. The highest BCUT2D eigenvalue weighted by Crippen LogP contribution is 2.67. The molecular formula is C31H36FN3O5. The van der Waals surface area contributed by atoms with Crippen LogP contribution < -0.4 is 10.2 Å². The van der Waals surface area contributed by atoms with Crippen molar-refractivity contribution in [2.75, 3.05) is 31.6 Å². The second kappa shape index (κ2) is 9.39.